The van der Waals surface area contributed by atoms with E-state index in [0.717, 1.165) is 9.54 Å². The highest BCUT2D eigenvalue weighted by molar-refractivity contribution is 7.90. The van der Waals surface area contributed by atoms with Gasteiger partial charge >= 0.3 is 0 Å². The third-order valence-corrected chi connectivity index (χ3v) is 8.03. The van der Waals surface area contributed by atoms with Crippen LogP contribution in [0.25, 0.3) is 44.9 Å². The Labute approximate surface area is 235 Å². The van der Waals surface area contributed by atoms with Crippen molar-refractivity contribution in [3.8, 4) is 33.9 Å². The van der Waals surface area contributed by atoms with Crippen LogP contribution in [0, 0.1) is 5.82 Å². The maximum atomic E-state index is 14.7. The zero-order valence-electron chi connectivity index (χ0n) is 21.5. The number of benzene rings is 3. The number of nitrogens with zero attached hydrogens (tertiary/aromatic N) is 3. The van der Waals surface area contributed by atoms with E-state index in [-0.39, 0.29) is 16.5 Å². The fraction of sp³-hybridized carbons (Fsp3) is 0.154. The molecular weight excluding hydrogens is 581 g/mol. The average Bonchev–Trinajstić information content (AvgIpc) is 3.44. The fourth-order valence-corrected chi connectivity index (χ4v) is 5.21. The van der Waals surface area contributed by atoms with Crippen LogP contribution in [0.4, 0.5) is 10.3 Å². The molecule has 0 aliphatic heterocycles. The molecule has 0 spiro atoms. The number of aromatic amines is 1. The van der Waals surface area contributed by atoms with Crippen LogP contribution in [-0.4, -0.2) is 51.8 Å². The number of hydrogen-bond donors (Lipinski definition) is 3. The minimum atomic E-state index is -3.76. The van der Waals surface area contributed by atoms with Gasteiger partial charge in [0.15, 0.2) is 0 Å². The molecule has 2 aromatic heterocycles. The Kier molecular flexibility index (Phi) is 8.04. The third-order valence-electron chi connectivity index (χ3n) is 5.71. The van der Waals surface area contributed by atoms with E-state index < -0.39 is 31.2 Å². The molecule has 0 atom stereocenters. The van der Waals surface area contributed by atoms with Gasteiger partial charge < -0.3 is 10.7 Å². The van der Waals surface area contributed by atoms with Crippen molar-refractivity contribution < 1.29 is 25.8 Å². The predicted molar refractivity (Wildman–Crippen MR) is 154 cm³/mol. The van der Waals surface area contributed by atoms with E-state index in [0.29, 0.717) is 40.1 Å². The molecule has 0 saturated heterocycles. The van der Waals surface area contributed by atoms with Crippen molar-refractivity contribution in [2.24, 2.45) is 0 Å². The molecule has 5 rings (SSSR count). The summed E-state index contributed by atoms with van der Waals surface area (Å²) in [4.78, 5) is 12.2. The SMILES string of the molecule is CC(C)S(=O)(=O)n1c(N)nc2ccc(-c3nc(-c4ccc(Cl)cc4F)[nH]c3-c3ccccc3)cc21.CS(=O)(=O)O. The van der Waals surface area contributed by atoms with Crippen molar-refractivity contribution in [3.63, 3.8) is 0 Å². The van der Waals surface area contributed by atoms with Gasteiger partial charge in [-0.05, 0) is 44.2 Å². The number of halogens is 2. The van der Waals surface area contributed by atoms with Crippen molar-refractivity contribution in [2.45, 2.75) is 19.1 Å². The number of aromatic nitrogens is 4. The molecule has 2 heterocycles. The largest absolute Gasteiger partial charge is 0.368 e. The molecule has 0 saturated carbocycles. The zero-order valence-corrected chi connectivity index (χ0v) is 23.9. The normalized spacial score (nSPS) is 12.0. The Morgan fingerprint density at radius 2 is 1.62 bits per heavy atom. The number of rotatable bonds is 5. The number of nitrogens with two attached hydrogens (primary N) is 1. The lowest BCUT2D eigenvalue weighted by molar-refractivity contribution is 0.490. The lowest BCUT2D eigenvalue weighted by atomic mass is 10.0. The van der Waals surface area contributed by atoms with Crippen LogP contribution in [0.5, 0.6) is 0 Å². The molecule has 0 aliphatic carbocycles. The minimum absolute atomic E-state index is 0.111. The third kappa shape index (κ3) is 6.17. The lowest BCUT2D eigenvalue weighted by Gasteiger charge is -2.11. The van der Waals surface area contributed by atoms with Crippen molar-refractivity contribution >= 4 is 48.7 Å². The van der Waals surface area contributed by atoms with Gasteiger partial charge in [0.2, 0.25) is 16.0 Å². The first kappa shape index (κ1) is 29.2. The van der Waals surface area contributed by atoms with E-state index in [1.165, 1.54) is 6.07 Å². The average molecular weight is 606 g/mol. The number of H-pyrrole nitrogens is 1. The van der Waals surface area contributed by atoms with Crippen molar-refractivity contribution in [1.29, 1.82) is 0 Å². The summed E-state index contributed by atoms with van der Waals surface area (Å²) in [7, 11) is -7.43. The highest BCUT2D eigenvalue weighted by atomic mass is 35.5. The molecular formula is C26H25ClFN5O5S2. The van der Waals surface area contributed by atoms with E-state index in [1.54, 1.807) is 44.2 Å². The summed E-state index contributed by atoms with van der Waals surface area (Å²) in [5.74, 6) is -0.308. The molecule has 14 heteroatoms. The smallest absolute Gasteiger partial charge is 0.261 e. The maximum Gasteiger partial charge on any atom is 0.261 e. The van der Waals surface area contributed by atoms with Crippen LogP contribution in [0.2, 0.25) is 5.02 Å². The first-order valence-electron chi connectivity index (χ1n) is 11.7. The molecule has 0 amide bonds. The van der Waals surface area contributed by atoms with Gasteiger partial charge in [-0.25, -0.2) is 26.7 Å². The number of fused-ring (bicyclic) bond motifs is 1. The van der Waals surface area contributed by atoms with E-state index in [9.17, 15) is 21.2 Å². The topological polar surface area (TPSA) is 161 Å². The number of hydrogen-bond acceptors (Lipinski definition) is 7. The Bertz CT molecular complexity index is 1910. The fourth-order valence-electron chi connectivity index (χ4n) is 3.90. The lowest BCUT2D eigenvalue weighted by Crippen LogP contribution is -2.23. The van der Waals surface area contributed by atoms with Crippen LogP contribution >= 0.6 is 11.6 Å². The summed E-state index contributed by atoms with van der Waals surface area (Å²) in [5.41, 5.74) is 9.67. The van der Waals surface area contributed by atoms with Crippen LogP contribution in [0.15, 0.2) is 66.7 Å². The van der Waals surface area contributed by atoms with E-state index in [4.69, 9.17) is 26.9 Å². The van der Waals surface area contributed by atoms with Crippen molar-refractivity contribution in [1.82, 2.24) is 18.9 Å². The van der Waals surface area contributed by atoms with Crippen LogP contribution in [0.3, 0.4) is 0 Å². The summed E-state index contributed by atoms with van der Waals surface area (Å²) in [6.45, 7) is 3.16. The molecule has 0 unspecified atom stereocenters. The van der Waals surface area contributed by atoms with Gasteiger partial charge in [0.05, 0.1) is 39.5 Å². The second kappa shape index (κ2) is 11.0. The predicted octanol–water partition coefficient (Wildman–Crippen LogP) is 5.23. The Morgan fingerprint density at radius 1 is 0.975 bits per heavy atom. The first-order chi connectivity index (χ1) is 18.7. The number of anilines is 1. The monoisotopic (exact) mass is 605 g/mol. The number of nitrogens with one attached hydrogen (secondary N) is 1. The molecule has 0 bridgehead atoms. The summed E-state index contributed by atoms with van der Waals surface area (Å²) < 4.78 is 67.6. The molecule has 210 valence electrons. The molecule has 10 nitrogen and oxygen atoms in total. The Balaban J connectivity index is 0.000000681. The molecule has 4 N–H and O–H groups in total. The molecule has 5 aromatic rings. The molecule has 40 heavy (non-hydrogen) atoms. The first-order valence-corrected chi connectivity index (χ1v) is 15.5. The number of nitrogen functional groups attached to an aromatic ring is 1. The van der Waals surface area contributed by atoms with Crippen molar-refractivity contribution in [3.05, 3.63) is 77.6 Å². The molecule has 0 fully saturated rings. The Hall–Kier alpha value is -3.78. The van der Waals surface area contributed by atoms with Crippen LogP contribution in [0.1, 0.15) is 13.8 Å². The van der Waals surface area contributed by atoms with Crippen LogP contribution in [-0.2, 0) is 20.1 Å². The van der Waals surface area contributed by atoms with Gasteiger partial charge in [0.1, 0.15) is 11.6 Å². The van der Waals surface area contributed by atoms with Gasteiger partial charge in [0, 0.05) is 16.1 Å². The van der Waals surface area contributed by atoms with E-state index >= 15 is 0 Å². The van der Waals surface area contributed by atoms with E-state index in [1.807, 2.05) is 30.3 Å². The summed E-state index contributed by atoms with van der Waals surface area (Å²) in [5, 5.41) is -0.417. The Morgan fingerprint density at radius 3 is 2.23 bits per heavy atom. The highest BCUT2D eigenvalue weighted by Crippen LogP contribution is 2.36. The van der Waals surface area contributed by atoms with Gasteiger partial charge in [-0.1, -0.05) is 48.0 Å². The summed E-state index contributed by atoms with van der Waals surface area (Å²) in [6, 6.07) is 19.0. The highest BCUT2D eigenvalue weighted by Gasteiger charge is 2.25. The molecule has 0 radical (unpaired) electrons. The van der Waals surface area contributed by atoms with Crippen molar-refractivity contribution in [2.75, 3.05) is 12.0 Å². The molecule has 0 aliphatic rings. The minimum Gasteiger partial charge on any atom is -0.368 e. The second-order valence-electron chi connectivity index (χ2n) is 9.06. The quantitative estimate of drug-likeness (QED) is 0.230. The zero-order chi connectivity index (χ0) is 29.4. The summed E-state index contributed by atoms with van der Waals surface area (Å²) in [6.07, 6.45) is 0.715. The second-order valence-corrected chi connectivity index (χ2v) is 13.3. The van der Waals surface area contributed by atoms with Crippen LogP contribution < -0.4 is 5.73 Å². The molecule has 3 aromatic carbocycles. The maximum absolute atomic E-state index is 14.7. The summed E-state index contributed by atoms with van der Waals surface area (Å²) >= 11 is 5.93. The number of imidazole rings is 2. The van der Waals surface area contributed by atoms with E-state index in [2.05, 4.69) is 9.97 Å². The van der Waals surface area contributed by atoms with Gasteiger partial charge in [-0.3, -0.25) is 4.55 Å². The standard InChI is InChI=1S/C25H21ClFN5O2S.CH4O3S/c1-14(2)35(33,34)32-21-12-16(8-11-20(21)29-25(32)28)23-22(15-6-4-3-5-7-15)30-24(31-23)18-10-9-17(26)13-19(18)27;1-5(2,3)4/h3-14H,1-2H3,(H2,28,29)(H,30,31);1H3,(H,2,3,4). The van der Waals surface area contributed by atoms with Gasteiger partial charge in [-0.15, -0.1) is 0 Å². The van der Waals surface area contributed by atoms with Gasteiger partial charge in [0.25, 0.3) is 10.1 Å². The van der Waals surface area contributed by atoms with Gasteiger partial charge in [-0.2, -0.15) is 8.42 Å².